The van der Waals surface area contributed by atoms with Crippen LogP contribution in [0.2, 0.25) is 0 Å². The SMILES string of the molecule is O=C1NS(=O)(=S)c2ccccc21. The molecule has 1 N–H and O–H groups in total. The van der Waals surface area contributed by atoms with E-state index in [0.717, 1.165) is 0 Å². The fourth-order valence-electron chi connectivity index (χ4n) is 1.12. The highest BCUT2D eigenvalue weighted by Gasteiger charge is 2.28. The summed E-state index contributed by atoms with van der Waals surface area (Å²) < 4.78 is 13.8. The molecular formula is C7H5NO2S2. The normalized spacial score (nSPS) is 26.5. The first-order valence-corrected chi connectivity index (χ1v) is 5.76. The Balaban J connectivity index is 2.83. The van der Waals surface area contributed by atoms with Crippen LogP contribution in [-0.2, 0) is 19.9 Å². The maximum Gasteiger partial charge on any atom is 0.264 e. The van der Waals surface area contributed by atoms with Gasteiger partial charge in [0.1, 0.15) is 8.68 Å². The zero-order valence-corrected chi connectivity index (χ0v) is 7.58. The Morgan fingerprint density at radius 1 is 1.33 bits per heavy atom. The molecule has 1 atom stereocenters. The molecule has 62 valence electrons. The fraction of sp³-hybridized carbons (Fsp3) is 0. The third kappa shape index (κ3) is 0.937. The van der Waals surface area contributed by atoms with Crippen LogP contribution in [0.25, 0.3) is 0 Å². The van der Waals surface area contributed by atoms with Crippen LogP contribution >= 0.6 is 0 Å². The van der Waals surface area contributed by atoms with Crippen LogP contribution in [0.3, 0.4) is 0 Å². The van der Waals surface area contributed by atoms with Crippen molar-refractivity contribution in [1.29, 1.82) is 0 Å². The summed E-state index contributed by atoms with van der Waals surface area (Å²) in [7, 11) is -2.72. The molecule has 0 bridgehead atoms. The van der Waals surface area contributed by atoms with Crippen LogP contribution in [0.5, 0.6) is 0 Å². The maximum atomic E-state index is 11.5. The maximum absolute atomic E-state index is 11.5. The quantitative estimate of drug-likeness (QED) is 0.660. The third-order valence-corrected chi connectivity index (χ3v) is 3.83. The number of nitrogens with one attached hydrogen (secondary N) is 1. The van der Waals surface area contributed by atoms with Gasteiger partial charge in [-0.25, -0.2) is 4.21 Å². The minimum absolute atomic E-state index is 0.342. The number of fused-ring (bicyclic) bond motifs is 1. The van der Waals surface area contributed by atoms with E-state index >= 15 is 0 Å². The van der Waals surface area contributed by atoms with E-state index in [2.05, 4.69) is 4.72 Å². The lowest BCUT2D eigenvalue weighted by atomic mass is 10.2. The predicted octanol–water partition coefficient (Wildman–Crippen LogP) is 0.450. The van der Waals surface area contributed by atoms with Gasteiger partial charge in [0.25, 0.3) is 5.91 Å². The summed E-state index contributed by atoms with van der Waals surface area (Å²) in [6.07, 6.45) is 0. The third-order valence-electron chi connectivity index (χ3n) is 1.65. The Morgan fingerprint density at radius 3 is 2.67 bits per heavy atom. The number of hydrogen-bond donors (Lipinski definition) is 1. The van der Waals surface area contributed by atoms with Crippen molar-refractivity contribution in [2.75, 3.05) is 0 Å². The van der Waals surface area contributed by atoms with Crippen molar-refractivity contribution in [3.63, 3.8) is 0 Å². The number of hydrogen-bond acceptors (Lipinski definition) is 3. The van der Waals surface area contributed by atoms with Crippen LogP contribution in [0.15, 0.2) is 29.2 Å². The van der Waals surface area contributed by atoms with Gasteiger partial charge in [-0.1, -0.05) is 12.1 Å². The molecule has 1 aliphatic rings. The van der Waals surface area contributed by atoms with Gasteiger partial charge in [-0.3, -0.25) is 9.52 Å². The van der Waals surface area contributed by atoms with E-state index in [9.17, 15) is 9.00 Å². The number of amides is 1. The van der Waals surface area contributed by atoms with Gasteiger partial charge in [0.05, 0.1) is 10.5 Å². The smallest absolute Gasteiger partial charge is 0.264 e. The second kappa shape index (κ2) is 2.27. The molecule has 1 heterocycles. The Morgan fingerprint density at radius 2 is 2.00 bits per heavy atom. The van der Waals surface area contributed by atoms with E-state index in [-0.39, 0.29) is 5.91 Å². The van der Waals surface area contributed by atoms with E-state index in [1.807, 2.05) is 0 Å². The molecule has 1 unspecified atom stereocenters. The summed E-state index contributed by atoms with van der Waals surface area (Å²) in [5.41, 5.74) is 0.428. The van der Waals surface area contributed by atoms with Gasteiger partial charge in [-0.15, -0.1) is 0 Å². The molecule has 0 radical (unpaired) electrons. The van der Waals surface area contributed by atoms with Crippen LogP contribution < -0.4 is 4.72 Å². The Kier molecular flexibility index (Phi) is 1.46. The van der Waals surface area contributed by atoms with Crippen LogP contribution in [-0.4, -0.2) is 10.1 Å². The van der Waals surface area contributed by atoms with Crippen LogP contribution in [0, 0.1) is 0 Å². The molecule has 5 heteroatoms. The first kappa shape index (κ1) is 7.70. The number of carbonyl (C=O) groups is 1. The van der Waals surface area contributed by atoms with E-state index < -0.39 is 8.68 Å². The van der Waals surface area contributed by atoms with Crippen molar-refractivity contribution in [1.82, 2.24) is 4.72 Å². The van der Waals surface area contributed by atoms with E-state index in [1.54, 1.807) is 24.3 Å². The highest BCUT2D eigenvalue weighted by atomic mass is 32.8. The van der Waals surface area contributed by atoms with Gasteiger partial charge in [-0.2, -0.15) is 0 Å². The highest BCUT2D eigenvalue weighted by molar-refractivity contribution is 8.32. The fourth-order valence-corrected chi connectivity index (χ4v) is 2.96. The van der Waals surface area contributed by atoms with Crippen molar-refractivity contribution in [3.8, 4) is 0 Å². The van der Waals surface area contributed by atoms with Crippen molar-refractivity contribution in [2.45, 2.75) is 4.90 Å². The zero-order valence-electron chi connectivity index (χ0n) is 5.94. The number of rotatable bonds is 0. The molecular weight excluding hydrogens is 194 g/mol. The summed E-state index contributed by atoms with van der Waals surface area (Å²) in [4.78, 5) is 11.6. The molecule has 0 aromatic heterocycles. The molecule has 0 saturated heterocycles. The van der Waals surface area contributed by atoms with Crippen molar-refractivity contribution in [2.24, 2.45) is 0 Å². The molecule has 1 aromatic carbocycles. The van der Waals surface area contributed by atoms with E-state index in [1.165, 1.54) is 0 Å². The van der Waals surface area contributed by atoms with Crippen LogP contribution in [0.4, 0.5) is 0 Å². The van der Waals surface area contributed by atoms with Gasteiger partial charge in [-0.05, 0) is 12.1 Å². The van der Waals surface area contributed by atoms with E-state index in [0.29, 0.717) is 10.5 Å². The molecule has 0 spiro atoms. The Hall–Kier alpha value is -0.940. The average molecular weight is 199 g/mol. The second-order valence-electron chi connectivity index (χ2n) is 2.43. The minimum atomic E-state index is -2.72. The summed E-state index contributed by atoms with van der Waals surface area (Å²) in [5.74, 6) is -0.342. The van der Waals surface area contributed by atoms with Gasteiger partial charge in [0.15, 0.2) is 0 Å². The topological polar surface area (TPSA) is 46.2 Å². The van der Waals surface area contributed by atoms with Crippen molar-refractivity contribution < 1.29 is 9.00 Å². The van der Waals surface area contributed by atoms with Gasteiger partial charge in [0, 0.05) is 11.2 Å². The molecule has 0 aliphatic carbocycles. The zero-order chi connectivity index (χ0) is 8.77. The Bertz CT molecular complexity index is 450. The molecule has 1 aliphatic heterocycles. The summed E-state index contributed by atoms with van der Waals surface area (Å²) in [5, 5.41) is 0. The molecule has 0 fully saturated rings. The molecule has 1 aromatic rings. The molecule has 2 rings (SSSR count). The second-order valence-corrected chi connectivity index (χ2v) is 5.49. The van der Waals surface area contributed by atoms with Crippen molar-refractivity contribution in [3.05, 3.63) is 29.8 Å². The highest BCUT2D eigenvalue weighted by Crippen LogP contribution is 2.21. The monoisotopic (exact) mass is 199 g/mol. The average Bonchev–Trinajstić information content (AvgIpc) is 2.25. The first-order valence-electron chi connectivity index (χ1n) is 3.27. The largest absolute Gasteiger partial charge is 0.268 e. The number of carbonyl (C=O) groups excluding carboxylic acids is 1. The molecule has 1 amide bonds. The Labute approximate surface area is 74.6 Å². The summed E-state index contributed by atoms with van der Waals surface area (Å²) in [6, 6.07) is 6.66. The lowest BCUT2D eigenvalue weighted by Gasteiger charge is -1.95. The van der Waals surface area contributed by atoms with Gasteiger partial charge < -0.3 is 0 Å². The lowest BCUT2D eigenvalue weighted by Crippen LogP contribution is -2.19. The minimum Gasteiger partial charge on any atom is -0.268 e. The summed E-state index contributed by atoms with van der Waals surface area (Å²) in [6.45, 7) is 0. The van der Waals surface area contributed by atoms with Gasteiger partial charge in [0.2, 0.25) is 0 Å². The van der Waals surface area contributed by atoms with Crippen molar-refractivity contribution >= 4 is 25.8 Å². The molecule has 12 heavy (non-hydrogen) atoms. The standard InChI is InChI=1S/C7H5NO2S2/c9-7-5-3-1-2-4-6(5)12(10,11)8-7/h1-4H,(H,8,9). The molecule has 0 saturated carbocycles. The molecule has 3 nitrogen and oxygen atoms in total. The van der Waals surface area contributed by atoms with E-state index in [4.69, 9.17) is 11.2 Å². The first-order chi connectivity index (χ1) is 5.61. The predicted molar refractivity (Wildman–Crippen MR) is 47.7 cm³/mol. The van der Waals surface area contributed by atoms with Crippen LogP contribution in [0.1, 0.15) is 10.4 Å². The summed E-state index contributed by atoms with van der Waals surface area (Å²) >= 11 is 4.74. The van der Waals surface area contributed by atoms with Gasteiger partial charge >= 0.3 is 0 Å². The number of benzene rings is 1. The lowest BCUT2D eigenvalue weighted by molar-refractivity contribution is 0.0986.